The van der Waals surface area contributed by atoms with E-state index in [0.717, 1.165) is 22.6 Å². The minimum absolute atomic E-state index is 0.0206. The number of amides is 1. The van der Waals surface area contributed by atoms with Crippen LogP contribution in [-0.2, 0) is 4.79 Å². The molecule has 2 rings (SSSR count). The Balaban J connectivity index is 2.13. The summed E-state index contributed by atoms with van der Waals surface area (Å²) in [6.45, 7) is 1.94. The molecule has 1 amide bonds. The highest BCUT2D eigenvalue weighted by atomic mass is 16.1. The molecule has 102 valence electrons. The first-order valence-electron chi connectivity index (χ1n) is 6.39. The lowest BCUT2D eigenvalue weighted by Gasteiger charge is -2.04. The van der Waals surface area contributed by atoms with Crippen LogP contribution in [0.1, 0.15) is 17.0 Å². The van der Waals surface area contributed by atoms with Gasteiger partial charge in [0.15, 0.2) is 0 Å². The Morgan fingerprint density at radius 3 is 2.80 bits per heavy atom. The largest absolute Gasteiger partial charge is 0.325 e. The van der Waals surface area contributed by atoms with Crippen LogP contribution >= 0.6 is 0 Å². The van der Waals surface area contributed by atoms with Gasteiger partial charge in [-0.25, -0.2) is 0 Å². The van der Waals surface area contributed by atoms with E-state index in [1.54, 1.807) is 0 Å². The van der Waals surface area contributed by atoms with Gasteiger partial charge in [-0.3, -0.25) is 9.78 Å². The van der Waals surface area contributed by atoms with E-state index in [1.165, 1.54) is 0 Å². The molecular weight excluding hydrogens is 250 g/mol. The number of hydrogen-bond donors (Lipinski definition) is 2. The molecule has 0 aliphatic heterocycles. The smallest absolute Gasteiger partial charge is 0.238 e. The molecule has 0 saturated heterocycles. The molecule has 1 heterocycles. The fraction of sp³-hybridized carbons (Fsp3) is 0.125. The summed E-state index contributed by atoms with van der Waals surface area (Å²) < 4.78 is 0. The molecule has 0 saturated carbocycles. The molecule has 1 aromatic heterocycles. The number of nitrogens with two attached hydrogens (primary N) is 1. The van der Waals surface area contributed by atoms with Crippen LogP contribution < -0.4 is 11.1 Å². The number of carbonyl (C=O) groups excluding carboxylic acids is 1. The highest BCUT2D eigenvalue weighted by Crippen LogP contribution is 2.13. The van der Waals surface area contributed by atoms with E-state index in [-0.39, 0.29) is 12.5 Å². The van der Waals surface area contributed by atoms with Crippen molar-refractivity contribution in [3.63, 3.8) is 0 Å². The van der Waals surface area contributed by atoms with Gasteiger partial charge >= 0.3 is 0 Å². The second-order valence-corrected chi connectivity index (χ2v) is 4.41. The van der Waals surface area contributed by atoms with Crippen molar-refractivity contribution < 1.29 is 4.79 Å². The van der Waals surface area contributed by atoms with Gasteiger partial charge in [0.1, 0.15) is 0 Å². The van der Waals surface area contributed by atoms with Crippen molar-refractivity contribution in [2.45, 2.75) is 6.92 Å². The third-order valence-corrected chi connectivity index (χ3v) is 2.71. The maximum absolute atomic E-state index is 11.2. The first kappa shape index (κ1) is 14.0. The number of nitrogens with zero attached hydrogens (tertiary/aromatic N) is 1. The molecule has 2 aromatic rings. The quantitative estimate of drug-likeness (QED) is 0.894. The Hall–Kier alpha value is -2.46. The second-order valence-electron chi connectivity index (χ2n) is 4.41. The number of nitrogens with one attached hydrogen (secondary N) is 1. The molecule has 0 aliphatic rings. The van der Waals surface area contributed by atoms with Crippen LogP contribution in [0.3, 0.4) is 0 Å². The summed E-state index contributed by atoms with van der Waals surface area (Å²) in [6.07, 6.45) is 3.90. The Kier molecular flexibility index (Phi) is 4.63. The third-order valence-electron chi connectivity index (χ3n) is 2.71. The van der Waals surface area contributed by atoms with Gasteiger partial charge in [-0.15, -0.1) is 0 Å². The standard InChI is InChI=1S/C16H17N3O/c1-12-4-2-6-14(18-12)9-8-13-5-3-7-15(10-13)19-16(20)11-17/h2-10H,11,17H2,1H3,(H,19,20)/b9-8+. The first-order chi connectivity index (χ1) is 9.67. The Morgan fingerprint density at radius 1 is 1.25 bits per heavy atom. The first-order valence-corrected chi connectivity index (χ1v) is 6.39. The normalized spacial score (nSPS) is 10.7. The van der Waals surface area contributed by atoms with Crippen LogP contribution in [0.2, 0.25) is 0 Å². The highest BCUT2D eigenvalue weighted by Gasteiger charge is 1.99. The van der Waals surface area contributed by atoms with Gasteiger partial charge in [0.05, 0.1) is 12.2 Å². The second kappa shape index (κ2) is 6.63. The van der Waals surface area contributed by atoms with Gasteiger partial charge in [0.2, 0.25) is 5.91 Å². The van der Waals surface area contributed by atoms with Crippen LogP contribution in [0.15, 0.2) is 42.5 Å². The van der Waals surface area contributed by atoms with Gasteiger partial charge in [-0.05, 0) is 42.8 Å². The predicted molar refractivity (Wildman–Crippen MR) is 82.0 cm³/mol. The number of rotatable bonds is 4. The summed E-state index contributed by atoms with van der Waals surface area (Å²) in [4.78, 5) is 15.6. The summed E-state index contributed by atoms with van der Waals surface area (Å²) >= 11 is 0. The third kappa shape index (κ3) is 4.03. The molecule has 3 N–H and O–H groups in total. The van der Waals surface area contributed by atoms with Gasteiger partial charge in [0, 0.05) is 11.4 Å². The minimum atomic E-state index is -0.202. The van der Waals surface area contributed by atoms with Crippen LogP contribution in [-0.4, -0.2) is 17.4 Å². The number of benzene rings is 1. The van der Waals surface area contributed by atoms with Gasteiger partial charge in [-0.2, -0.15) is 0 Å². The van der Waals surface area contributed by atoms with Crippen molar-refractivity contribution >= 4 is 23.7 Å². The number of aromatic nitrogens is 1. The van der Waals surface area contributed by atoms with Crippen molar-refractivity contribution in [2.75, 3.05) is 11.9 Å². The van der Waals surface area contributed by atoms with E-state index < -0.39 is 0 Å². The van der Waals surface area contributed by atoms with Crippen LogP contribution in [0.25, 0.3) is 12.2 Å². The number of aryl methyl sites for hydroxylation is 1. The van der Waals surface area contributed by atoms with E-state index in [9.17, 15) is 4.79 Å². The average Bonchev–Trinajstić information content (AvgIpc) is 2.45. The number of hydrogen-bond acceptors (Lipinski definition) is 3. The van der Waals surface area contributed by atoms with E-state index in [4.69, 9.17) is 5.73 Å². The molecule has 0 aliphatic carbocycles. The molecule has 0 atom stereocenters. The van der Waals surface area contributed by atoms with Crippen LogP contribution in [0, 0.1) is 6.92 Å². The SMILES string of the molecule is Cc1cccc(/C=C/c2cccc(NC(=O)CN)c2)n1. The molecule has 0 spiro atoms. The van der Waals surface area contributed by atoms with Crippen molar-refractivity contribution in [1.29, 1.82) is 0 Å². The zero-order valence-corrected chi connectivity index (χ0v) is 11.3. The molecule has 0 radical (unpaired) electrons. The predicted octanol–water partition coefficient (Wildman–Crippen LogP) is 2.46. The molecule has 4 nitrogen and oxygen atoms in total. The van der Waals surface area contributed by atoms with Crippen molar-refractivity contribution in [1.82, 2.24) is 4.98 Å². The van der Waals surface area contributed by atoms with E-state index >= 15 is 0 Å². The zero-order chi connectivity index (χ0) is 14.4. The lowest BCUT2D eigenvalue weighted by Crippen LogP contribution is -2.21. The molecular formula is C16H17N3O. The lowest BCUT2D eigenvalue weighted by molar-refractivity contribution is -0.114. The lowest BCUT2D eigenvalue weighted by atomic mass is 10.1. The van der Waals surface area contributed by atoms with Crippen molar-refractivity contribution in [3.8, 4) is 0 Å². The Bertz CT molecular complexity index is 635. The Morgan fingerprint density at radius 2 is 2.05 bits per heavy atom. The highest BCUT2D eigenvalue weighted by molar-refractivity contribution is 5.92. The zero-order valence-electron chi connectivity index (χ0n) is 11.3. The van der Waals surface area contributed by atoms with Crippen molar-refractivity contribution in [2.24, 2.45) is 5.73 Å². The number of anilines is 1. The van der Waals surface area contributed by atoms with Crippen LogP contribution in [0.4, 0.5) is 5.69 Å². The molecule has 4 heteroatoms. The van der Waals surface area contributed by atoms with Gasteiger partial charge < -0.3 is 11.1 Å². The minimum Gasteiger partial charge on any atom is -0.325 e. The molecule has 0 bridgehead atoms. The summed E-state index contributed by atoms with van der Waals surface area (Å²) in [7, 11) is 0. The number of pyridine rings is 1. The molecule has 1 aromatic carbocycles. The molecule has 0 unspecified atom stereocenters. The molecule has 0 fully saturated rings. The van der Waals surface area contributed by atoms with Crippen molar-refractivity contribution in [3.05, 3.63) is 59.4 Å². The van der Waals surface area contributed by atoms with E-state index in [1.807, 2.05) is 61.5 Å². The Labute approximate surface area is 118 Å². The maximum atomic E-state index is 11.2. The monoisotopic (exact) mass is 267 g/mol. The average molecular weight is 267 g/mol. The summed E-state index contributed by atoms with van der Waals surface area (Å²) in [6, 6.07) is 13.4. The summed E-state index contributed by atoms with van der Waals surface area (Å²) in [5, 5.41) is 2.73. The van der Waals surface area contributed by atoms with Gasteiger partial charge in [-0.1, -0.05) is 24.3 Å². The topological polar surface area (TPSA) is 68.0 Å². The molecule has 20 heavy (non-hydrogen) atoms. The summed E-state index contributed by atoms with van der Waals surface area (Å²) in [5.74, 6) is -0.202. The van der Waals surface area contributed by atoms with Crippen LogP contribution in [0.5, 0.6) is 0 Å². The van der Waals surface area contributed by atoms with Gasteiger partial charge in [0.25, 0.3) is 0 Å². The summed E-state index contributed by atoms with van der Waals surface area (Å²) in [5.41, 5.74) is 8.88. The number of carbonyl (C=O) groups is 1. The van der Waals surface area contributed by atoms with E-state index in [2.05, 4.69) is 10.3 Å². The fourth-order valence-corrected chi connectivity index (χ4v) is 1.77. The maximum Gasteiger partial charge on any atom is 0.238 e. The van der Waals surface area contributed by atoms with E-state index in [0.29, 0.717) is 0 Å². The fourth-order valence-electron chi connectivity index (χ4n) is 1.77.